The molecule has 20 heavy (non-hydrogen) atoms. The molecule has 0 aliphatic rings. The van der Waals surface area contributed by atoms with E-state index in [0.29, 0.717) is 12.2 Å². The van der Waals surface area contributed by atoms with Crippen molar-refractivity contribution in [2.75, 3.05) is 7.11 Å². The fourth-order valence-electron chi connectivity index (χ4n) is 2.11. The Bertz CT molecular complexity index is 765. The van der Waals surface area contributed by atoms with Crippen molar-refractivity contribution in [1.29, 1.82) is 0 Å². The van der Waals surface area contributed by atoms with Crippen molar-refractivity contribution in [3.05, 3.63) is 42.5 Å². The van der Waals surface area contributed by atoms with E-state index in [2.05, 4.69) is 10.2 Å². The van der Waals surface area contributed by atoms with E-state index < -0.39 is 0 Å². The number of hydrogen-bond acceptors (Lipinski definition) is 4. The number of nitrogens with zero attached hydrogens (tertiary/aromatic N) is 1. The molecule has 1 aromatic heterocycles. The number of aromatic nitrogens is 2. The van der Waals surface area contributed by atoms with Gasteiger partial charge in [-0.3, -0.25) is 9.89 Å². The summed E-state index contributed by atoms with van der Waals surface area (Å²) in [6.07, 6.45) is 0. The Labute approximate surface area is 115 Å². The van der Waals surface area contributed by atoms with Crippen molar-refractivity contribution in [2.24, 2.45) is 0 Å². The molecule has 5 heteroatoms. The molecule has 0 spiro atoms. The molecule has 0 unspecified atom stereocenters. The summed E-state index contributed by atoms with van der Waals surface area (Å²) >= 11 is 0. The highest BCUT2D eigenvalue weighted by molar-refractivity contribution is 5.94. The molecule has 100 valence electrons. The van der Waals surface area contributed by atoms with Gasteiger partial charge < -0.3 is 9.47 Å². The topological polar surface area (TPSA) is 64.2 Å². The Balaban J connectivity index is 2.14. The van der Waals surface area contributed by atoms with Crippen LogP contribution in [0, 0.1) is 0 Å². The molecular formula is C15H12N2O3. The molecule has 0 aliphatic carbocycles. The molecule has 5 nitrogen and oxygen atoms in total. The number of fused-ring (bicyclic) bond motifs is 1. The van der Waals surface area contributed by atoms with Gasteiger partial charge in [0.15, 0.2) is 0 Å². The molecule has 0 radical (unpaired) electrons. The Morgan fingerprint density at radius 2 is 2.05 bits per heavy atom. The highest BCUT2D eigenvalue weighted by atomic mass is 16.5. The maximum Gasteiger partial charge on any atom is 0.298 e. The average molecular weight is 268 g/mol. The summed E-state index contributed by atoms with van der Waals surface area (Å²) in [6.45, 7) is 0.409. The number of ether oxygens (including phenoxy) is 2. The number of aromatic amines is 1. The maximum absolute atomic E-state index is 10.4. The van der Waals surface area contributed by atoms with Crippen LogP contribution in [0.2, 0.25) is 0 Å². The molecule has 0 aliphatic heterocycles. The molecule has 1 N–H and O–H groups in total. The lowest BCUT2D eigenvalue weighted by Crippen LogP contribution is -1.88. The molecule has 3 rings (SSSR count). The zero-order valence-electron chi connectivity index (χ0n) is 10.8. The van der Waals surface area contributed by atoms with Gasteiger partial charge in [-0.1, -0.05) is 12.1 Å². The predicted octanol–water partition coefficient (Wildman–Crippen LogP) is 2.77. The maximum atomic E-state index is 10.4. The first-order valence-corrected chi connectivity index (χ1v) is 6.04. The molecule has 2 aromatic carbocycles. The lowest BCUT2D eigenvalue weighted by molar-refractivity contribution is -0.120. The van der Waals surface area contributed by atoms with Gasteiger partial charge in [0.1, 0.15) is 17.2 Å². The van der Waals surface area contributed by atoms with E-state index in [0.717, 1.165) is 27.9 Å². The van der Waals surface area contributed by atoms with Crippen LogP contribution in [0.1, 0.15) is 0 Å². The minimum absolute atomic E-state index is 0.409. The van der Waals surface area contributed by atoms with Gasteiger partial charge in [-0.25, -0.2) is 0 Å². The van der Waals surface area contributed by atoms with Crippen LogP contribution < -0.4 is 9.47 Å². The lowest BCUT2D eigenvalue weighted by Gasteiger charge is -2.03. The number of rotatable bonds is 4. The number of nitrogens with one attached hydrogen (secondary N) is 1. The number of hydrogen-bond donors (Lipinski definition) is 1. The lowest BCUT2D eigenvalue weighted by atomic mass is 10.1. The third kappa shape index (κ3) is 2.09. The summed E-state index contributed by atoms with van der Waals surface area (Å²) in [6, 6.07) is 12.9. The first-order valence-electron chi connectivity index (χ1n) is 6.04. The Morgan fingerprint density at radius 3 is 2.85 bits per heavy atom. The molecule has 0 saturated carbocycles. The van der Waals surface area contributed by atoms with E-state index in [1.807, 2.05) is 30.3 Å². The van der Waals surface area contributed by atoms with Crippen molar-refractivity contribution in [3.8, 4) is 22.8 Å². The van der Waals surface area contributed by atoms with E-state index in [1.165, 1.54) is 0 Å². The minimum Gasteiger partial charge on any atom is -0.497 e. The van der Waals surface area contributed by atoms with Crippen molar-refractivity contribution in [2.45, 2.75) is 0 Å². The largest absolute Gasteiger partial charge is 0.497 e. The van der Waals surface area contributed by atoms with Crippen LogP contribution >= 0.6 is 0 Å². The van der Waals surface area contributed by atoms with E-state index in [9.17, 15) is 4.79 Å². The molecule has 3 aromatic rings. The molecule has 0 atom stereocenters. The SMILES string of the molecule is COc1cccc(-c2n[nH]c3ccc(OC=O)cc23)c1. The smallest absolute Gasteiger partial charge is 0.298 e. The van der Waals surface area contributed by atoms with Crippen LogP contribution in [-0.4, -0.2) is 23.8 Å². The summed E-state index contributed by atoms with van der Waals surface area (Å²) in [4.78, 5) is 10.4. The number of methoxy groups -OCH3 is 1. The molecular weight excluding hydrogens is 256 g/mol. The first-order chi connectivity index (χ1) is 9.81. The summed E-state index contributed by atoms with van der Waals surface area (Å²) in [5, 5.41) is 8.16. The van der Waals surface area contributed by atoms with Crippen molar-refractivity contribution in [1.82, 2.24) is 10.2 Å². The van der Waals surface area contributed by atoms with E-state index >= 15 is 0 Å². The van der Waals surface area contributed by atoms with Crippen LogP contribution in [-0.2, 0) is 4.79 Å². The number of carbonyl (C=O) groups excluding carboxylic acids is 1. The third-order valence-electron chi connectivity index (χ3n) is 3.06. The highest BCUT2D eigenvalue weighted by Crippen LogP contribution is 2.30. The van der Waals surface area contributed by atoms with Crippen LogP contribution in [0.25, 0.3) is 22.2 Å². The van der Waals surface area contributed by atoms with Gasteiger partial charge in [0, 0.05) is 10.9 Å². The second-order valence-corrected chi connectivity index (χ2v) is 4.23. The summed E-state index contributed by atoms with van der Waals surface area (Å²) < 4.78 is 10.1. The highest BCUT2D eigenvalue weighted by Gasteiger charge is 2.10. The second-order valence-electron chi connectivity index (χ2n) is 4.23. The van der Waals surface area contributed by atoms with Gasteiger partial charge in [-0.05, 0) is 30.3 Å². The summed E-state index contributed by atoms with van der Waals surface area (Å²) in [5.74, 6) is 1.25. The first kappa shape index (κ1) is 12.2. The summed E-state index contributed by atoms with van der Waals surface area (Å²) in [5.41, 5.74) is 2.59. The normalized spacial score (nSPS) is 10.4. The van der Waals surface area contributed by atoms with Crippen molar-refractivity contribution < 1.29 is 14.3 Å². The Kier molecular flexibility index (Phi) is 3.09. The van der Waals surface area contributed by atoms with Gasteiger partial charge in [-0.15, -0.1) is 0 Å². The second kappa shape index (κ2) is 5.05. The van der Waals surface area contributed by atoms with E-state index in [-0.39, 0.29) is 0 Å². The van der Waals surface area contributed by atoms with Crippen molar-refractivity contribution in [3.63, 3.8) is 0 Å². The van der Waals surface area contributed by atoms with Crippen LogP contribution in [0.4, 0.5) is 0 Å². The van der Waals surface area contributed by atoms with Crippen LogP contribution in [0.15, 0.2) is 42.5 Å². The fraction of sp³-hybridized carbons (Fsp3) is 0.0667. The zero-order chi connectivity index (χ0) is 13.9. The van der Waals surface area contributed by atoms with E-state index in [1.54, 1.807) is 19.2 Å². The summed E-state index contributed by atoms with van der Waals surface area (Å²) in [7, 11) is 1.62. The van der Waals surface area contributed by atoms with Crippen molar-refractivity contribution >= 4 is 17.4 Å². The molecule has 0 bridgehead atoms. The van der Waals surface area contributed by atoms with Gasteiger partial charge in [-0.2, -0.15) is 5.10 Å². The molecule has 0 fully saturated rings. The zero-order valence-corrected chi connectivity index (χ0v) is 10.8. The standard InChI is InChI=1S/C15H12N2O3/c1-19-11-4-2-3-10(7-11)15-13-8-12(20-9-18)5-6-14(13)16-17-15/h2-9H,1H3,(H,16,17). The monoisotopic (exact) mass is 268 g/mol. The number of H-pyrrole nitrogens is 1. The van der Waals surface area contributed by atoms with Crippen LogP contribution in [0.3, 0.4) is 0 Å². The number of benzene rings is 2. The average Bonchev–Trinajstić information content (AvgIpc) is 2.91. The quantitative estimate of drug-likeness (QED) is 0.739. The Hall–Kier alpha value is -2.82. The van der Waals surface area contributed by atoms with Gasteiger partial charge in [0.05, 0.1) is 12.6 Å². The Morgan fingerprint density at radius 1 is 1.15 bits per heavy atom. The molecule has 1 heterocycles. The molecule has 0 saturated heterocycles. The number of carbonyl (C=O) groups is 1. The van der Waals surface area contributed by atoms with Gasteiger partial charge >= 0.3 is 0 Å². The van der Waals surface area contributed by atoms with Gasteiger partial charge in [0.2, 0.25) is 0 Å². The van der Waals surface area contributed by atoms with Crippen LogP contribution in [0.5, 0.6) is 11.5 Å². The molecule has 0 amide bonds. The van der Waals surface area contributed by atoms with E-state index in [4.69, 9.17) is 9.47 Å². The predicted molar refractivity (Wildman–Crippen MR) is 74.8 cm³/mol. The fourth-order valence-corrected chi connectivity index (χ4v) is 2.11. The third-order valence-corrected chi connectivity index (χ3v) is 3.06. The van der Waals surface area contributed by atoms with Gasteiger partial charge in [0.25, 0.3) is 6.47 Å². The minimum atomic E-state index is 0.409.